The molecule has 8 heteroatoms. The first-order chi connectivity index (χ1) is 12.4. The van der Waals surface area contributed by atoms with Gasteiger partial charge in [-0.15, -0.1) is 24.8 Å². The number of para-hydroxylation sites is 1. The molecule has 2 aliphatic heterocycles. The summed E-state index contributed by atoms with van der Waals surface area (Å²) in [5, 5.41) is 7.30. The van der Waals surface area contributed by atoms with Crippen LogP contribution in [0, 0.1) is 11.3 Å². The van der Waals surface area contributed by atoms with Crippen molar-refractivity contribution in [1.82, 2.24) is 14.9 Å². The Balaban J connectivity index is 0.00000140. The van der Waals surface area contributed by atoms with Crippen LogP contribution >= 0.6 is 24.8 Å². The van der Waals surface area contributed by atoms with Gasteiger partial charge in [0.05, 0.1) is 11.5 Å². The molecule has 6 nitrogen and oxygen atoms in total. The average molecular weight is 427 g/mol. The maximum atomic E-state index is 12.1. The molecular formula is C20H28Cl2N4O2. The van der Waals surface area contributed by atoms with Crippen LogP contribution in [0.4, 0.5) is 5.69 Å². The van der Waals surface area contributed by atoms with Crippen LogP contribution in [0.5, 0.6) is 0 Å². The van der Waals surface area contributed by atoms with Crippen LogP contribution in [0.15, 0.2) is 36.7 Å². The molecule has 3 atom stereocenters. The van der Waals surface area contributed by atoms with Gasteiger partial charge in [-0.1, -0.05) is 18.2 Å². The van der Waals surface area contributed by atoms with Gasteiger partial charge in [-0.3, -0.25) is 9.36 Å². The van der Waals surface area contributed by atoms with Gasteiger partial charge in [-0.2, -0.15) is 0 Å². The van der Waals surface area contributed by atoms with E-state index in [2.05, 4.69) is 39.9 Å². The molecule has 1 aromatic heterocycles. The molecule has 28 heavy (non-hydrogen) atoms. The van der Waals surface area contributed by atoms with Crippen molar-refractivity contribution in [1.29, 1.82) is 0 Å². The van der Waals surface area contributed by atoms with Gasteiger partial charge in [0.15, 0.2) is 6.73 Å². The zero-order chi connectivity index (χ0) is 18.3. The van der Waals surface area contributed by atoms with Crippen LogP contribution in [0.25, 0.3) is 0 Å². The number of hydrogen-bond acceptors (Lipinski definition) is 5. The first kappa shape index (κ1) is 22.5. The number of imidazole rings is 1. The summed E-state index contributed by atoms with van der Waals surface area (Å²) in [4.78, 5) is 16.7. The van der Waals surface area contributed by atoms with Crippen molar-refractivity contribution >= 4 is 36.5 Å². The number of halogens is 2. The van der Waals surface area contributed by atoms with Gasteiger partial charge in [0, 0.05) is 30.0 Å². The van der Waals surface area contributed by atoms with E-state index >= 15 is 0 Å². The molecule has 1 saturated heterocycles. The third kappa shape index (κ3) is 4.14. The number of aromatic nitrogens is 2. The number of hydrogen-bond donors (Lipinski definition) is 2. The Morgan fingerprint density at radius 3 is 2.75 bits per heavy atom. The van der Waals surface area contributed by atoms with E-state index in [-0.39, 0.29) is 43.6 Å². The van der Waals surface area contributed by atoms with E-state index in [0.29, 0.717) is 12.0 Å². The number of fused-ring (bicyclic) bond motifs is 3. The Bertz CT molecular complexity index is 819. The summed E-state index contributed by atoms with van der Waals surface area (Å²) in [6.45, 7) is 6.77. The molecular weight excluding hydrogens is 399 g/mol. The minimum atomic E-state index is -0.511. The molecule has 0 saturated carbocycles. The number of carbonyl (C=O) groups is 1. The van der Waals surface area contributed by atoms with Gasteiger partial charge in [0.2, 0.25) is 0 Å². The topological polar surface area (TPSA) is 68.2 Å². The molecule has 3 heterocycles. The molecule has 0 radical (unpaired) electrons. The maximum Gasteiger partial charge on any atom is 0.312 e. The van der Waals surface area contributed by atoms with Crippen LogP contribution < -0.4 is 10.6 Å². The molecule has 1 aromatic carbocycles. The molecule has 0 unspecified atom stereocenters. The quantitative estimate of drug-likeness (QED) is 0.723. The van der Waals surface area contributed by atoms with Gasteiger partial charge >= 0.3 is 5.97 Å². The number of nitrogens with zero attached hydrogens (tertiary/aromatic N) is 2. The fourth-order valence-electron chi connectivity index (χ4n) is 3.91. The summed E-state index contributed by atoms with van der Waals surface area (Å²) in [5.41, 5.74) is 1.96. The molecule has 1 fully saturated rings. The lowest BCUT2D eigenvalue weighted by Crippen LogP contribution is -2.34. The third-order valence-electron chi connectivity index (χ3n) is 5.28. The third-order valence-corrected chi connectivity index (χ3v) is 5.28. The lowest BCUT2D eigenvalue weighted by molar-refractivity contribution is -0.157. The van der Waals surface area contributed by atoms with Gasteiger partial charge in [0.1, 0.15) is 5.82 Å². The van der Waals surface area contributed by atoms with E-state index in [1.54, 1.807) is 6.20 Å². The fraction of sp³-hybridized carbons (Fsp3) is 0.500. The Kier molecular flexibility index (Phi) is 7.02. The molecule has 0 aliphatic carbocycles. The number of esters is 1. The first-order valence-electron chi connectivity index (χ1n) is 9.22. The van der Waals surface area contributed by atoms with Crippen LogP contribution in [-0.4, -0.2) is 22.1 Å². The first-order valence-corrected chi connectivity index (χ1v) is 9.22. The summed E-state index contributed by atoms with van der Waals surface area (Å²) < 4.78 is 7.44. The standard InChI is InChI=1S/C20H26N4O2.2ClH/c1-20(2,3)19(25)26-12-24-11-10-22-18(24)17-14-8-9-21-16(14)13-6-4-5-7-15(13)23-17;;/h4-7,10-11,14,16-17,21,23H,8-9,12H2,1-3H3;2*1H/t14-,16-,17+;;/m1../s1. The summed E-state index contributed by atoms with van der Waals surface area (Å²) in [6, 6.07) is 8.87. The summed E-state index contributed by atoms with van der Waals surface area (Å²) in [7, 11) is 0. The Morgan fingerprint density at radius 2 is 2.00 bits per heavy atom. The Morgan fingerprint density at radius 1 is 1.25 bits per heavy atom. The van der Waals surface area contributed by atoms with E-state index in [0.717, 1.165) is 24.5 Å². The monoisotopic (exact) mass is 426 g/mol. The van der Waals surface area contributed by atoms with E-state index in [9.17, 15) is 4.79 Å². The lowest BCUT2D eigenvalue weighted by Gasteiger charge is -2.36. The van der Waals surface area contributed by atoms with E-state index in [1.807, 2.05) is 31.5 Å². The van der Waals surface area contributed by atoms with Gasteiger partial charge in [-0.05, 0) is 45.4 Å². The molecule has 0 bridgehead atoms. The average Bonchev–Trinajstić information content (AvgIpc) is 3.27. The van der Waals surface area contributed by atoms with Crippen LogP contribution in [0.2, 0.25) is 0 Å². The molecule has 2 aromatic rings. The number of ether oxygens (including phenoxy) is 1. The van der Waals surface area contributed by atoms with Crippen LogP contribution in [-0.2, 0) is 16.3 Å². The second-order valence-electron chi connectivity index (χ2n) is 8.16. The molecule has 2 aliphatic rings. The number of rotatable bonds is 3. The SMILES string of the molecule is CC(C)(C)C(=O)OCn1ccnc1[C@H]1Nc2ccccc2[C@H]2NCC[C@H]21.Cl.Cl. The van der Waals surface area contributed by atoms with Gasteiger partial charge < -0.3 is 15.4 Å². The minimum absolute atomic E-state index is 0. The lowest BCUT2D eigenvalue weighted by atomic mass is 9.83. The Hall–Kier alpha value is -1.76. The van der Waals surface area contributed by atoms with Crippen molar-refractivity contribution in [2.45, 2.75) is 46.0 Å². The molecule has 0 amide bonds. The number of nitrogens with one attached hydrogen (secondary N) is 2. The highest BCUT2D eigenvalue weighted by Crippen LogP contribution is 2.46. The summed E-state index contributed by atoms with van der Waals surface area (Å²) in [6.07, 6.45) is 4.75. The van der Waals surface area contributed by atoms with Crippen molar-refractivity contribution in [2.24, 2.45) is 11.3 Å². The molecule has 154 valence electrons. The van der Waals surface area contributed by atoms with Gasteiger partial charge in [0.25, 0.3) is 0 Å². The van der Waals surface area contributed by atoms with Crippen molar-refractivity contribution in [3.8, 4) is 0 Å². The van der Waals surface area contributed by atoms with E-state index in [4.69, 9.17) is 4.74 Å². The van der Waals surface area contributed by atoms with E-state index in [1.165, 1.54) is 5.56 Å². The summed E-state index contributed by atoms with van der Waals surface area (Å²) in [5.74, 6) is 1.13. The normalized spacial score (nSPS) is 22.8. The molecule has 0 spiro atoms. The molecule has 2 N–H and O–H groups in total. The predicted molar refractivity (Wildman–Crippen MR) is 114 cm³/mol. The number of carbonyl (C=O) groups excluding carboxylic acids is 1. The van der Waals surface area contributed by atoms with E-state index < -0.39 is 5.41 Å². The Labute approximate surface area is 178 Å². The van der Waals surface area contributed by atoms with Gasteiger partial charge in [-0.25, -0.2) is 4.98 Å². The zero-order valence-corrected chi connectivity index (χ0v) is 18.0. The minimum Gasteiger partial charge on any atom is -0.443 e. The fourth-order valence-corrected chi connectivity index (χ4v) is 3.91. The van der Waals surface area contributed by atoms with Crippen molar-refractivity contribution in [3.63, 3.8) is 0 Å². The second-order valence-corrected chi connectivity index (χ2v) is 8.16. The predicted octanol–water partition coefficient (Wildman–Crippen LogP) is 4.09. The zero-order valence-electron chi connectivity index (χ0n) is 16.3. The maximum absolute atomic E-state index is 12.1. The van der Waals surface area contributed by atoms with Crippen molar-refractivity contribution < 1.29 is 9.53 Å². The van der Waals surface area contributed by atoms with Crippen LogP contribution in [0.1, 0.15) is 50.7 Å². The highest BCUT2D eigenvalue weighted by Gasteiger charge is 2.41. The second kappa shape index (κ2) is 8.72. The smallest absolute Gasteiger partial charge is 0.312 e. The molecule has 4 rings (SSSR count). The summed E-state index contributed by atoms with van der Waals surface area (Å²) >= 11 is 0. The van der Waals surface area contributed by atoms with Crippen LogP contribution in [0.3, 0.4) is 0 Å². The van der Waals surface area contributed by atoms with Crippen molar-refractivity contribution in [3.05, 3.63) is 48.0 Å². The number of anilines is 1. The largest absolute Gasteiger partial charge is 0.443 e. The highest BCUT2D eigenvalue weighted by atomic mass is 35.5. The van der Waals surface area contributed by atoms with Crippen molar-refractivity contribution in [2.75, 3.05) is 11.9 Å². The number of benzene rings is 1. The highest BCUT2D eigenvalue weighted by molar-refractivity contribution is 5.85.